The largest absolute Gasteiger partial charge is 0.493 e. The summed E-state index contributed by atoms with van der Waals surface area (Å²) in [4.78, 5) is 13.5. The van der Waals surface area contributed by atoms with E-state index >= 15 is 0 Å². The third kappa shape index (κ3) is 3.72. The summed E-state index contributed by atoms with van der Waals surface area (Å²) in [6.07, 6.45) is -0.830. The molecule has 2 bridgehead atoms. The fraction of sp³-hybridized carbons (Fsp3) is 0.536. The summed E-state index contributed by atoms with van der Waals surface area (Å²) in [6, 6.07) is 3.54. The van der Waals surface area contributed by atoms with E-state index in [1.165, 1.54) is 28.3 Å². The summed E-state index contributed by atoms with van der Waals surface area (Å²) in [5.74, 6) is 0.241. The predicted octanol–water partition coefficient (Wildman–Crippen LogP) is 3.42. The van der Waals surface area contributed by atoms with Crippen molar-refractivity contribution in [1.29, 1.82) is 0 Å². The zero-order valence-corrected chi connectivity index (χ0v) is 22.7. The van der Waals surface area contributed by atoms with E-state index in [9.17, 15) is 15.0 Å². The van der Waals surface area contributed by atoms with Gasteiger partial charge in [0.1, 0.15) is 5.60 Å². The van der Waals surface area contributed by atoms with E-state index in [2.05, 4.69) is 0 Å². The molecule has 2 aromatic carbocycles. The average molecular weight is 531 g/mol. The minimum atomic E-state index is -1.92. The molecular formula is C28H34O10. The number of aliphatic hydroxyl groups is 2. The average Bonchev–Trinajstić information content (AvgIpc) is 3.35. The maximum atomic E-state index is 13.5. The molecule has 0 amide bonds. The Bertz CT molecular complexity index is 1280. The van der Waals surface area contributed by atoms with Crippen molar-refractivity contribution < 1.29 is 48.2 Å². The SMILES string of the molecule is COc1cc2c(c(OC)c1OC)-c1c3cc4c(c1OC[C@@H](C)[C@](C)(O)C(=O)O[C@H]2[C@](C)(O)[C@H](C)C3)OCO4. The van der Waals surface area contributed by atoms with Crippen LogP contribution >= 0.6 is 0 Å². The first-order valence-corrected chi connectivity index (χ1v) is 12.5. The van der Waals surface area contributed by atoms with Crippen LogP contribution in [0.3, 0.4) is 0 Å². The molecule has 0 aromatic heterocycles. The van der Waals surface area contributed by atoms with Crippen LogP contribution in [0.2, 0.25) is 0 Å². The van der Waals surface area contributed by atoms with Crippen LogP contribution in [0.4, 0.5) is 0 Å². The van der Waals surface area contributed by atoms with Gasteiger partial charge in [0.05, 0.1) is 27.9 Å². The quantitative estimate of drug-likeness (QED) is 0.571. The molecule has 0 unspecified atom stereocenters. The fourth-order valence-corrected chi connectivity index (χ4v) is 5.37. The van der Waals surface area contributed by atoms with Crippen molar-refractivity contribution in [3.63, 3.8) is 0 Å². The molecule has 10 nitrogen and oxygen atoms in total. The first kappa shape index (κ1) is 26.2. The van der Waals surface area contributed by atoms with Crippen LogP contribution in [0, 0.1) is 11.8 Å². The minimum Gasteiger partial charge on any atom is -0.493 e. The molecule has 10 heteroatoms. The number of carbonyl (C=O) groups excluding carboxylic acids is 1. The van der Waals surface area contributed by atoms with Crippen LogP contribution < -0.4 is 28.4 Å². The second-order valence-corrected chi connectivity index (χ2v) is 10.6. The molecule has 5 atom stereocenters. The van der Waals surface area contributed by atoms with Gasteiger partial charge in [-0.15, -0.1) is 0 Å². The highest BCUT2D eigenvalue weighted by Gasteiger charge is 2.50. The number of esters is 1. The third-order valence-corrected chi connectivity index (χ3v) is 8.22. The van der Waals surface area contributed by atoms with Crippen molar-refractivity contribution >= 4 is 5.97 Å². The number of methoxy groups -OCH3 is 3. The van der Waals surface area contributed by atoms with Gasteiger partial charge in [0.15, 0.2) is 34.7 Å². The molecule has 5 rings (SSSR count). The van der Waals surface area contributed by atoms with Crippen molar-refractivity contribution in [3.05, 3.63) is 23.3 Å². The first-order chi connectivity index (χ1) is 18.0. The van der Waals surface area contributed by atoms with Gasteiger partial charge in [-0.3, -0.25) is 0 Å². The first-order valence-electron chi connectivity index (χ1n) is 12.5. The summed E-state index contributed by atoms with van der Waals surface area (Å²) in [7, 11) is 4.47. The molecule has 0 fully saturated rings. The molecular weight excluding hydrogens is 496 g/mol. The van der Waals surface area contributed by atoms with Gasteiger partial charge >= 0.3 is 5.97 Å². The van der Waals surface area contributed by atoms with Gasteiger partial charge in [-0.2, -0.15) is 0 Å². The van der Waals surface area contributed by atoms with E-state index in [-0.39, 0.29) is 13.4 Å². The predicted molar refractivity (Wildman–Crippen MR) is 135 cm³/mol. The number of rotatable bonds is 3. The Morgan fingerprint density at radius 3 is 2.26 bits per heavy atom. The van der Waals surface area contributed by atoms with Gasteiger partial charge in [0, 0.05) is 22.6 Å². The van der Waals surface area contributed by atoms with Gasteiger partial charge in [0.25, 0.3) is 0 Å². The molecule has 3 aliphatic rings. The molecule has 0 saturated heterocycles. The summed E-state index contributed by atoms with van der Waals surface area (Å²) >= 11 is 0. The van der Waals surface area contributed by atoms with Crippen LogP contribution in [-0.4, -0.2) is 62.1 Å². The zero-order valence-electron chi connectivity index (χ0n) is 22.7. The van der Waals surface area contributed by atoms with E-state index < -0.39 is 35.1 Å². The molecule has 1 aliphatic carbocycles. The number of benzene rings is 2. The summed E-state index contributed by atoms with van der Waals surface area (Å²) in [5.41, 5.74) is -1.15. The standard InChI is InChI=1S/C28H34O10/c1-13-8-15-9-18-22(37-12-36-18)24-19(15)20-16(10-17(32-5)21(33-6)23(20)34-7)25(27(13,3)30)38-26(29)28(4,31)14(2)11-35-24/h9-10,13-14,25,30-31H,8,11-12H2,1-7H3/t13-,14-,25-,27-,28+/m1/s1. The summed E-state index contributed by atoms with van der Waals surface area (Å²) in [5, 5.41) is 23.3. The second-order valence-electron chi connectivity index (χ2n) is 10.6. The Kier molecular flexibility index (Phi) is 6.30. The highest BCUT2D eigenvalue weighted by atomic mass is 16.7. The molecule has 38 heavy (non-hydrogen) atoms. The maximum absolute atomic E-state index is 13.5. The van der Waals surface area contributed by atoms with Crippen LogP contribution in [0.1, 0.15) is 44.9 Å². The third-order valence-electron chi connectivity index (χ3n) is 8.22. The van der Waals surface area contributed by atoms with Crippen LogP contribution in [0.5, 0.6) is 34.5 Å². The highest BCUT2D eigenvalue weighted by Crippen LogP contribution is 2.59. The minimum absolute atomic E-state index is 0.00920. The second kappa shape index (κ2) is 9.13. The smallest absolute Gasteiger partial charge is 0.338 e. The molecule has 0 spiro atoms. The van der Waals surface area contributed by atoms with Gasteiger partial charge in [-0.1, -0.05) is 13.8 Å². The maximum Gasteiger partial charge on any atom is 0.338 e. The van der Waals surface area contributed by atoms with E-state index in [1.807, 2.05) is 13.0 Å². The number of carbonyl (C=O) groups is 1. The van der Waals surface area contributed by atoms with Crippen molar-refractivity contribution in [2.24, 2.45) is 11.8 Å². The van der Waals surface area contributed by atoms with E-state index in [0.717, 1.165) is 5.56 Å². The lowest BCUT2D eigenvalue weighted by Gasteiger charge is -2.41. The lowest BCUT2D eigenvalue weighted by atomic mass is 9.73. The van der Waals surface area contributed by atoms with Gasteiger partial charge in [0.2, 0.25) is 18.3 Å². The fourth-order valence-electron chi connectivity index (χ4n) is 5.37. The van der Waals surface area contributed by atoms with Crippen LogP contribution in [-0.2, 0) is 16.0 Å². The lowest BCUT2D eigenvalue weighted by molar-refractivity contribution is -0.194. The van der Waals surface area contributed by atoms with Crippen molar-refractivity contribution in [3.8, 4) is 45.6 Å². The Hall–Kier alpha value is -3.37. The van der Waals surface area contributed by atoms with Crippen LogP contribution in [0.15, 0.2) is 12.1 Å². The van der Waals surface area contributed by atoms with Crippen molar-refractivity contribution in [2.75, 3.05) is 34.7 Å². The lowest BCUT2D eigenvalue weighted by Crippen LogP contribution is -2.49. The van der Waals surface area contributed by atoms with E-state index in [0.29, 0.717) is 57.6 Å². The molecule has 2 heterocycles. The molecule has 2 aliphatic heterocycles. The van der Waals surface area contributed by atoms with Gasteiger partial charge in [-0.05, 0) is 43.9 Å². The number of fused-ring (bicyclic) bond motifs is 2. The van der Waals surface area contributed by atoms with Crippen molar-refractivity contribution in [1.82, 2.24) is 0 Å². The van der Waals surface area contributed by atoms with Gasteiger partial charge in [-0.25, -0.2) is 4.79 Å². The molecule has 2 aromatic rings. The Labute approximate surface area is 221 Å². The molecule has 0 radical (unpaired) electrons. The molecule has 206 valence electrons. The monoisotopic (exact) mass is 530 g/mol. The summed E-state index contributed by atoms with van der Waals surface area (Å²) in [6.45, 7) is 6.54. The van der Waals surface area contributed by atoms with Gasteiger partial charge < -0.3 is 43.4 Å². The summed E-state index contributed by atoms with van der Waals surface area (Å²) < 4.78 is 41.2. The zero-order chi connectivity index (χ0) is 27.6. The number of ether oxygens (including phenoxy) is 7. The number of hydrogen-bond donors (Lipinski definition) is 2. The molecule has 2 N–H and O–H groups in total. The highest BCUT2D eigenvalue weighted by molar-refractivity contribution is 5.89. The van der Waals surface area contributed by atoms with Crippen molar-refractivity contribution in [2.45, 2.75) is 51.4 Å². The van der Waals surface area contributed by atoms with Crippen LogP contribution in [0.25, 0.3) is 11.1 Å². The Balaban J connectivity index is 1.98. The number of hydrogen-bond acceptors (Lipinski definition) is 10. The Morgan fingerprint density at radius 1 is 0.895 bits per heavy atom. The normalized spacial score (nSPS) is 29.7. The van der Waals surface area contributed by atoms with E-state index in [4.69, 9.17) is 33.2 Å². The van der Waals surface area contributed by atoms with E-state index in [1.54, 1.807) is 19.9 Å². The topological polar surface area (TPSA) is 122 Å². The molecule has 0 saturated carbocycles. The Morgan fingerprint density at radius 2 is 1.61 bits per heavy atom.